The van der Waals surface area contributed by atoms with Crippen LogP contribution in [-0.2, 0) is 19.6 Å². The van der Waals surface area contributed by atoms with Crippen LogP contribution >= 0.6 is 0 Å². The fraction of sp³-hybridized carbons (Fsp3) is 0.708. The van der Waals surface area contributed by atoms with E-state index in [4.69, 9.17) is 9.47 Å². The van der Waals surface area contributed by atoms with Gasteiger partial charge in [-0.25, -0.2) is 13.1 Å². The Kier molecular flexibility index (Phi) is 6.20. The molecule has 2 unspecified atom stereocenters. The van der Waals surface area contributed by atoms with Gasteiger partial charge in [0.05, 0.1) is 43.1 Å². The number of carbonyl (C=O) groups is 1. The standard InChI is InChI=1S/C24H34N2O5S/c27-23-11-15-30-21-6-2-1-5-20(21)18-7-9-19(10-8-18)31-17-22-24(12-3-14-26(22)23)13-4-16-32(28,29)25-24/h1-2,5-6,18-19,22,25H,3-4,7-17H2. The van der Waals surface area contributed by atoms with Gasteiger partial charge in [-0.1, -0.05) is 18.2 Å². The third-order valence-electron chi connectivity index (χ3n) is 7.85. The normalized spacial score (nSPS) is 35.4. The molecule has 7 nitrogen and oxygen atoms in total. The summed E-state index contributed by atoms with van der Waals surface area (Å²) in [5.41, 5.74) is 0.620. The van der Waals surface area contributed by atoms with Crippen molar-refractivity contribution in [3.05, 3.63) is 29.8 Å². The maximum absolute atomic E-state index is 13.3. The first kappa shape index (κ1) is 22.2. The van der Waals surface area contributed by atoms with Crippen LogP contribution in [0.1, 0.15) is 69.3 Å². The number of rotatable bonds is 0. The molecule has 4 aliphatic heterocycles. The van der Waals surface area contributed by atoms with Crippen LogP contribution in [0.25, 0.3) is 0 Å². The van der Waals surface area contributed by atoms with Gasteiger partial charge in [0.15, 0.2) is 0 Å². The third kappa shape index (κ3) is 4.41. The van der Waals surface area contributed by atoms with Crippen molar-refractivity contribution in [3.63, 3.8) is 0 Å². The van der Waals surface area contributed by atoms with Gasteiger partial charge in [0.2, 0.25) is 15.9 Å². The number of benzene rings is 1. The van der Waals surface area contributed by atoms with Crippen molar-refractivity contribution in [1.29, 1.82) is 0 Å². The summed E-state index contributed by atoms with van der Waals surface area (Å²) in [5.74, 6) is 1.51. The van der Waals surface area contributed by atoms with Crippen molar-refractivity contribution in [3.8, 4) is 5.75 Å². The summed E-state index contributed by atoms with van der Waals surface area (Å²) in [6, 6.07) is 7.92. The van der Waals surface area contributed by atoms with E-state index < -0.39 is 15.6 Å². The molecule has 4 heterocycles. The van der Waals surface area contributed by atoms with Crippen LogP contribution in [0, 0.1) is 0 Å². The van der Waals surface area contributed by atoms with E-state index in [1.807, 2.05) is 17.0 Å². The number of ether oxygens (including phenoxy) is 2. The first-order valence-electron chi connectivity index (χ1n) is 12.1. The highest BCUT2D eigenvalue weighted by Gasteiger charge is 2.50. The number of piperidine rings is 1. The largest absolute Gasteiger partial charge is 0.493 e. The highest BCUT2D eigenvalue weighted by atomic mass is 32.2. The van der Waals surface area contributed by atoms with Gasteiger partial charge in [-0.05, 0) is 68.9 Å². The van der Waals surface area contributed by atoms with Crippen LogP contribution in [0.5, 0.6) is 5.75 Å². The van der Waals surface area contributed by atoms with E-state index in [-0.39, 0.29) is 30.2 Å². The lowest BCUT2D eigenvalue weighted by Gasteiger charge is -2.52. The molecule has 1 aromatic carbocycles. The fourth-order valence-corrected chi connectivity index (χ4v) is 7.83. The predicted octanol–water partition coefficient (Wildman–Crippen LogP) is 2.95. The highest BCUT2D eigenvalue weighted by molar-refractivity contribution is 7.89. The molecule has 3 fully saturated rings. The summed E-state index contributed by atoms with van der Waals surface area (Å²) >= 11 is 0. The summed E-state index contributed by atoms with van der Waals surface area (Å²) < 4.78 is 40.5. The molecule has 176 valence electrons. The summed E-state index contributed by atoms with van der Waals surface area (Å²) in [6.07, 6.45) is 7.39. The Morgan fingerprint density at radius 1 is 1.06 bits per heavy atom. The van der Waals surface area contributed by atoms with Crippen molar-refractivity contribution < 1.29 is 22.7 Å². The van der Waals surface area contributed by atoms with E-state index in [0.717, 1.165) is 50.7 Å². The van der Waals surface area contributed by atoms with Crippen molar-refractivity contribution in [1.82, 2.24) is 9.62 Å². The number of sulfonamides is 1. The second kappa shape index (κ2) is 8.95. The Hall–Kier alpha value is -1.64. The molecular weight excluding hydrogens is 428 g/mol. The van der Waals surface area contributed by atoms with Crippen LogP contribution in [0.3, 0.4) is 0 Å². The molecule has 0 aromatic heterocycles. The van der Waals surface area contributed by atoms with Crippen LogP contribution in [0.2, 0.25) is 0 Å². The maximum atomic E-state index is 13.3. The van der Waals surface area contributed by atoms with E-state index in [9.17, 15) is 13.2 Å². The molecule has 1 aliphatic carbocycles. The Balaban J connectivity index is 1.43. The molecular formula is C24H34N2O5S. The average Bonchev–Trinajstić information content (AvgIpc) is 2.78. The minimum absolute atomic E-state index is 0.0159. The number of nitrogens with zero attached hydrogens (tertiary/aromatic N) is 1. The van der Waals surface area contributed by atoms with Crippen LogP contribution in [-0.4, -0.2) is 62.4 Å². The zero-order valence-electron chi connectivity index (χ0n) is 18.6. The molecule has 2 bridgehead atoms. The summed E-state index contributed by atoms with van der Waals surface area (Å²) in [5, 5.41) is 0. The predicted molar refractivity (Wildman–Crippen MR) is 121 cm³/mol. The Bertz CT molecular complexity index is 939. The molecule has 0 radical (unpaired) electrons. The minimum atomic E-state index is -3.33. The zero-order valence-corrected chi connectivity index (χ0v) is 19.4. The van der Waals surface area contributed by atoms with Crippen LogP contribution in [0.4, 0.5) is 0 Å². The molecule has 2 atom stereocenters. The summed E-state index contributed by atoms with van der Waals surface area (Å²) in [4.78, 5) is 15.2. The first-order chi connectivity index (χ1) is 15.5. The number of nitrogens with one attached hydrogen (secondary N) is 1. The first-order valence-corrected chi connectivity index (χ1v) is 13.8. The minimum Gasteiger partial charge on any atom is -0.493 e. The number of para-hydroxylation sites is 1. The van der Waals surface area contributed by atoms with Gasteiger partial charge in [0.1, 0.15) is 5.75 Å². The number of hydrogen-bond acceptors (Lipinski definition) is 5. The Morgan fingerprint density at radius 3 is 2.66 bits per heavy atom. The van der Waals surface area contributed by atoms with Crippen LogP contribution in [0.15, 0.2) is 24.3 Å². The zero-order chi connectivity index (χ0) is 22.2. The molecule has 1 amide bonds. The van der Waals surface area contributed by atoms with Gasteiger partial charge in [-0.15, -0.1) is 0 Å². The molecule has 32 heavy (non-hydrogen) atoms. The van der Waals surface area contributed by atoms with Crippen molar-refractivity contribution in [2.24, 2.45) is 0 Å². The third-order valence-corrected chi connectivity index (χ3v) is 9.39. The van der Waals surface area contributed by atoms with Gasteiger partial charge in [-0.2, -0.15) is 0 Å². The van der Waals surface area contributed by atoms with Gasteiger partial charge in [0.25, 0.3) is 0 Å². The Labute approximate surface area is 190 Å². The lowest BCUT2D eigenvalue weighted by molar-refractivity contribution is -0.142. The van der Waals surface area contributed by atoms with Gasteiger partial charge < -0.3 is 14.4 Å². The fourth-order valence-electron chi connectivity index (χ4n) is 6.24. The van der Waals surface area contributed by atoms with Gasteiger partial charge >= 0.3 is 0 Å². The SMILES string of the molecule is O=C1CCOc2ccccc2C2CCC(CC2)OCC2N1CCCC21CCCS(=O)(=O)N1. The van der Waals surface area contributed by atoms with E-state index in [1.54, 1.807) is 0 Å². The molecule has 6 rings (SSSR count). The number of hydrogen-bond donors (Lipinski definition) is 1. The second-order valence-corrected chi connectivity index (χ2v) is 11.7. The van der Waals surface area contributed by atoms with Crippen LogP contribution < -0.4 is 9.46 Å². The van der Waals surface area contributed by atoms with Crippen molar-refractivity contribution in [2.45, 2.75) is 81.4 Å². The molecule has 2 saturated heterocycles. The number of amides is 1. The molecule has 1 aromatic rings. The molecule has 1 spiro atoms. The van der Waals surface area contributed by atoms with Gasteiger partial charge in [-0.3, -0.25) is 4.79 Å². The van der Waals surface area contributed by atoms with E-state index in [1.165, 1.54) is 5.56 Å². The second-order valence-electron chi connectivity index (χ2n) is 9.83. The Morgan fingerprint density at radius 2 is 1.84 bits per heavy atom. The summed E-state index contributed by atoms with van der Waals surface area (Å²) in [6.45, 7) is 1.36. The lowest BCUT2D eigenvalue weighted by atomic mass is 9.78. The molecule has 8 heteroatoms. The van der Waals surface area contributed by atoms with E-state index >= 15 is 0 Å². The number of fused-ring (bicyclic) bond motifs is 6. The molecule has 1 saturated carbocycles. The molecule has 5 aliphatic rings. The van der Waals surface area contributed by atoms with Gasteiger partial charge in [0, 0.05) is 6.54 Å². The highest BCUT2D eigenvalue weighted by Crippen LogP contribution is 2.40. The van der Waals surface area contributed by atoms with E-state index in [2.05, 4.69) is 16.9 Å². The van der Waals surface area contributed by atoms with Crippen molar-refractivity contribution >= 4 is 15.9 Å². The topological polar surface area (TPSA) is 84.9 Å². The lowest BCUT2D eigenvalue weighted by Crippen LogP contribution is -2.69. The quantitative estimate of drug-likeness (QED) is 0.641. The monoisotopic (exact) mass is 462 g/mol. The average molecular weight is 463 g/mol. The molecule has 1 N–H and O–H groups in total. The maximum Gasteiger partial charge on any atom is 0.226 e. The number of carbonyl (C=O) groups excluding carboxylic acids is 1. The smallest absolute Gasteiger partial charge is 0.226 e. The summed E-state index contributed by atoms with van der Waals surface area (Å²) in [7, 11) is -3.33. The van der Waals surface area contributed by atoms with E-state index in [0.29, 0.717) is 32.1 Å². The van der Waals surface area contributed by atoms with Crippen molar-refractivity contribution in [2.75, 3.05) is 25.5 Å².